The molecule has 0 aliphatic heterocycles. The van der Waals surface area contributed by atoms with Crippen molar-refractivity contribution >= 4 is 37.7 Å². The van der Waals surface area contributed by atoms with Crippen LogP contribution < -0.4 is 10.5 Å². The van der Waals surface area contributed by atoms with E-state index in [1.807, 2.05) is 31.0 Å². The van der Waals surface area contributed by atoms with E-state index in [-0.39, 0.29) is 5.82 Å². The van der Waals surface area contributed by atoms with E-state index < -0.39 is 0 Å². The standard InChI is InChI=1S/C23H23Br2FN6O/c1-3-32-22(25)15(11-29-32)8-16-13-31(2)30-21(16)19-5-4-18(26)9-14(19)6-7-33-20-10-17(24)12-28-23(20)27/h4-5,9-13H,3,6-8H2,1-2H3,(H2,27,28). The molecule has 1 aromatic carbocycles. The van der Waals surface area contributed by atoms with Crippen LogP contribution in [0.1, 0.15) is 23.6 Å². The van der Waals surface area contributed by atoms with Crippen molar-refractivity contribution < 1.29 is 9.13 Å². The van der Waals surface area contributed by atoms with Gasteiger partial charge in [0.25, 0.3) is 0 Å². The van der Waals surface area contributed by atoms with Gasteiger partial charge in [0.1, 0.15) is 10.4 Å². The number of nitrogens with zero attached hydrogens (tertiary/aromatic N) is 5. The minimum atomic E-state index is -0.304. The number of hydrogen-bond acceptors (Lipinski definition) is 5. The van der Waals surface area contributed by atoms with E-state index in [4.69, 9.17) is 15.6 Å². The van der Waals surface area contributed by atoms with E-state index in [0.717, 1.165) is 43.6 Å². The molecule has 0 amide bonds. The zero-order valence-electron chi connectivity index (χ0n) is 18.2. The first-order valence-corrected chi connectivity index (χ1v) is 12.0. The Morgan fingerprint density at radius 3 is 2.70 bits per heavy atom. The first-order valence-electron chi connectivity index (χ1n) is 10.4. The van der Waals surface area contributed by atoms with Crippen molar-refractivity contribution in [3.63, 3.8) is 0 Å². The maximum absolute atomic E-state index is 14.2. The predicted molar refractivity (Wildman–Crippen MR) is 133 cm³/mol. The molecule has 0 unspecified atom stereocenters. The molecule has 2 N–H and O–H groups in total. The Kier molecular flexibility index (Phi) is 7.14. The van der Waals surface area contributed by atoms with E-state index >= 15 is 0 Å². The van der Waals surface area contributed by atoms with Crippen molar-refractivity contribution in [1.29, 1.82) is 0 Å². The molecule has 0 aliphatic carbocycles. The number of ether oxygens (including phenoxy) is 1. The Morgan fingerprint density at radius 1 is 1.12 bits per heavy atom. The monoisotopic (exact) mass is 576 g/mol. The Morgan fingerprint density at radius 2 is 1.94 bits per heavy atom. The van der Waals surface area contributed by atoms with Crippen LogP contribution in [0.3, 0.4) is 0 Å². The number of rotatable bonds is 8. The largest absolute Gasteiger partial charge is 0.489 e. The molecule has 0 fully saturated rings. The molecular weight excluding hydrogens is 555 g/mol. The summed E-state index contributed by atoms with van der Waals surface area (Å²) in [5.74, 6) is 0.489. The average molecular weight is 578 g/mol. The molecule has 33 heavy (non-hydrogen) atoms. The second-order valence-electron chi connectivity index (χ2n) is 7.57. The minimum Gasteiger partial charge on any atom is -0.489 e. The van der Waals surface area contributed by atoms with Crippen molar-refractivity contribution in [2.24, 2.45) is 7.05 Å². The van der Waals surface area contributed by atoms with Crippen LogP contribution in [-0.4, -0.2) is 31.2 Å². The van der Waals surface area contributed by atoms with Gasteiger partial charge >= 0.3 is 0 Å². The van der Waals surface area contributed by atoms with Crippen molar-refractivity contribution in [2.75, 3.05) is 12.3 Å². The lowest BCUT2D eigenvalue weighted by atomic mass is 9.97. The zero-order chi connectivity index (χ0) is 23.5. The average Bonchev–Trinajstić information content (AvgIpc) is 3.32. The Bertz CT molecular complexity index is 1290. The van der Waals surface area contributed by atoms with Crippen LogP contribution in [0.2, 0.25) is 0 Å². The molecule has 4 rings (SSSR count). The normalized spacial score (nSPS) is 11.2. The summed E-state index contributed by atoms with van der Waals surface area (Å²) in [5.41, 5.74) is 10.5. The molecule has 0 saturated heterocycles. The number of nitrogen functional groups attached to an aromatic ring is 1. The summed E-state index contributed by atoms with van der Waals surface area (Å²) in [7, 11) is 1.88. The van der Waals surface area contributed by atoms with Gasteiger partial charge in [-0.2, -0.15) is 10.2 Å². The molecule has 0 saturated carbocycles. The molecule has 0 atom stereocenters. The molecule has 172 valence electrons. The van der Waals surface area contributed by atoms with Crippen LogP contribution in [0, 0.1) is 5.82 Å². The van der Waals surface area contributed by atoms with Crippen LogP contribution in [-0.2, 0) is 26.4 Å². The summed E-state index contributed by atoms with van der Waals surface area (Å²) >= 11 is 7.00. The fourth-order valence-corrected chi connectivity index (χ4v) is 4.56. The third kappa shape index (κ3) is 5.27. The SMILES string of the molecule is CCn1ncc(Cc2cn(C)nc2-c2ccc(F)cc2CCOc2cc(Br)cnc2N)c1Br. The number of pyridine rings is 1. The van der Waals surface area contributed by atoms with Gasteiger partial charge in [-0.05, 0) is 68.6 Å². The lowest BCUT2D eigenvalue weighted by Crippen LogP contribution is -2.06. The van der Waals surface area contributed by atoms with E-state index in [1.165, 1.54) is 12.1 Å². The molecule has 0 aliphatic rings. The van der Waals surface area contributed by atoms with Crippen molar-refractivity contribution in [2.45, 2.75) is 26.3 Å². The lowest BCUT2D eigenvalue weighted by Gasteiger charge is -2.12. The number of anilines is 1. The maximum Gasteiger partial charge on any atom is 0.166 e. The molecule has 0 radical (unpaired) electrons. The minimum absolute atomic E-state index is 0.304. The van der Waals surface area contributed by atoms with Gasteiger partial charge < -0.3 is 10.5 Å². The number of hydrogen-bond donors (Lipinski definition) is 1. The Balaban J connectivity index is 1.61. The van der Waals surface area contributed by atoms with Gasteiger partial charge in [0, 0.05) is 60.0 Å². The van der Waals surface area contributed by atoms with Crippen molar-refractivity contribution in [1.82, 2.24) is 24.5 Å². The molecule has 4 aromatic rings. The smallest absolute Gasteiger partial charge is 0.166 e. The second-order valence-corrected chi connectivity index (χ2v) is 9.23. The van der Waals surface area contributed by atoms with Crippen LogP contribution in [0.5, 0.6) is 5.75 Å². The van der Waals surface area contributed by atoms with E-state index in [2.05, 4.69) is 41.9 Å². The molecule has 7 nitrogen and oxygen atoms in total. The summed E-state index contributed by atoms with van der Waals surface area (Å²) in [6.45, 7) is 3.14. The van der Waals surface area contributed by atoms with Crippen LogP contribution >= 0.6 is 31.9 Å². The highest BCUT2D eigenvalue weighted by Crippen LogP contribution is 2.30. The quantitative estimate of drug-likeness (QED) is 0.313. The van der Waals surface area contributed by atoms with E-state index in [1.54, 1.807) is 23.0 Å². The van der Waals surface area contributed by atoms with Gasteiger partial charge in [0.2, 0.25) is 0 Å². The van der Waals surface area contributed by atoms with Crippen LogP contribution in [0.4, 0.5) is 10.2 Å². The van der Waals surface area contributed by atoms with Gasteiger partial charge in [-0.3, -0.25) is 9.36 Å². The van der Waals surface area contributed by atoms with Crippen molar-refractivity contribution in [3.05, 3.63) is 74.4 Å². The highest BCUT2D eigenvalue weighted by atomic mass is 79.9. The first-order chi connectivity index (χ1) is 15.9. The molecule has 0 spiro atoms. The first kappa shape index (κ1) is 23.4. The summed E-state index contributed by atoms with van der Waals surface area (Å²) in [4.78, 5) is 4.08. The van der Waals surface area contributed by atoms with E-state index in [9.17, 15) is 4.39 Å². The summed E-state index contributed by atoms with van der Waals surface area (Å²) < 4.78 is 25.4. The predicted octanol–water partition coefficient (Wildman–Crippen LogP) is 5.16. The van der Waals surface area contributed by atoms with Gasteiger partial charge in [-0.25, -0.2) is 9.37 Å². The fourth-order valence-electron chi connectivity index (χ4n) is 3.67. The topological polar surface area (TPSA) is 83.8 Å². The van der Waals surface area contributed by atoms with Crippen LogP contribution in [0.25, 0.3) is 11.3 Å². The summed E-state index contributed by atoms with van der Waals surface area (Å²) in [6.07, 6.45) is 6.59. The Labute approximate surface area is 208 Å². The lowest BCUT2D eigenvalue weighted by molar-refractivity contribution is 0.322. The molecular formula is C23H23Br2FN6O. The molecule has 3 heterocycles. The zero-order valence-corrected chi connectivity index (χ0v) is 21.4. The summed E-state index contributed by atoms with van der Waals surface area (Å²) in [5, 5.41) is 9.10. The number of nitrogens with two attached hydrogens (primary N) is 1. The molecule has 10 heteroatoms. The molecule has 0 bridgehead atoms. The van der Waals surface area contributed by atoms with Gasteiger partial charge in [0.05, 0.1) is 18.5 Å². The van der Waals surface area contributed by atoms with Gasteiger partial charge in [-0.1, -0.05) is 0 Å². The van der Waals surface area contributed by atoms with Gasteiger partial charge in [0.15, 0.2) is 11.6 Å². The van der Waals surface area contributed by atoms with Gasteiger partial charge in [-0.15, -0.1) is 0 Å². The maximum atomic E-state index is 14.2. The number of aryl methyl sites for hydroxylation is 2. The number of benzene rings is 1. The number of aromatic nitrogens is 5. The number of halogens is 3. The highest BCUT2D eigenvalue weighted by Gasteiger charge is 2.18. The molecule has 3 aromatic heterocycles. The third-order valence-electron chi connectivity index (χ3n) is 5.23. The van der Waals surface area contributed by atoms with Crippen LogP contribution in [0.15, 0.2) is 51.9 Å². The Hall–Kier alpha value is -2.72. The van der Waals surface area contributed by atoms with Crippen molar-refractivity contribution in [3.8, 4) is 17.0 Å². The summed E-state index contributed by atoms with van der Waals surface area (Å²) in [6, 6.07) is 6.53. The second kappa shape index (κ2) is 10.0. The fraction of sp³-hybridized carbons (Fsp3) is 0.261. The highest BCUT2D eigenvalue weighted by molar-refractivity contribution is 9.10. The third-order valence-corrected chi connectivity index (χ3v) is 6.58. The van der Waals surface area contributed by atoms with E-state index in [0.29, 0.717) is 31.0 Å².